The van der Waals surface area contributed by atoms with E-state index < -0.39 is 17.7 Å². The lowest BCUT2D eigenvalue weighted by Crippen LogP contribution is -2.40. The summed E-state index contributed by atoms with van der Waals surface area (Å²) in [7, 11) is 0. The van der Waals surface area contributed by atoms with Gasteiger partial charge in [-0.2, -0.15) is 0 Å². The first kappa shape index (κ1) is 21.1. The van der Waals surface area contributed by atoms with Crippen molar-refractivity contribution in [2.45, 2.75) is 58.0 Å². The number of aliphatic hydroxyl groups is 1. The number of carbonyl (C=O) groups excluding carboxylic acids is 2. The number of aromatic nitrogens is 1. The molecule has 2 aromatic rings. The summed E-state index contributed by atoms with van der Waals surface area (Å²) in [4.78, 5) is 32.4. The maximum atomic E-state index is 13.1. The number of nitrogens with zero attached hydrogens (tertiary/aromatic N) is 2. The Morgan fingerprint density at radius 2 is 1.94 bits per heavy atom. The van der Waals surface area contributed by atoms with Gasteiger partial charge in [0.2, 0.25) is 0 Å². The van der Waals surface area contributed by atoms with Crippen LogP contribution >= 0.6 is 0 Å². The third kappa shape index (κ3) is 3.94. The van der Waals surface area contributed by atoms with Crippen molar-refractivity contribution in [1.29, 1.82) is 0 Å². The minimum atomic E-state index is -0.684. The molecular weight excluding hydrogens is 392 g/mol. The Morgan fingerprint density at radius 1 is 1.16 bits per heavy atom. The van der Waals surface area contributed by atoms with E-state index in [4.69, 9.17) is 4.74 Å². The van der Waals surface area contributed by atoms with Gasteiger partial charge in [-0.3, -0.25) is 14.6 Å². The number of ketones is 1. The van der Waals surface area contributed by atoms with E-state index in [9.17, 15) is 14.7 Å². The van der Waals surface area contributed by atoms with Gasteiger partial charge in [0.05, 0.1) is 17.9 Å². The molecule has 31 heavy (non-hydrogen) atoms. The monoisotopic (exact) mass is 420 g/mol. The number of hydrogen-bond donors (Lipinski definition) is 1. The molecule has 1 amide bonds. The first-order valence-corrected chi connectivity index (χ1v) is 11.0. The van der Waals surface area contributed by atoms with Crippen LogP contribution in [0.2, 0.25) is 0 Å². The van der Waals surface area contributed by atoms with Gasteiger partial charge < -0.3 is 14.7 Å². The van der Waals surface area contributed by atoms with Gasteiger partial charge in [0.15, 0.2) is 0 Å². The third-order valence-electron chi connectivity index (χ3n) is 6.16. The Labute approximate surface area is 182 Å². The lowest BCUT2D eigenvalue weighted by Gasteiger charge is -2.35. The molecule has 1 aromatic heterocycles. The van der Waals surface area contributed by atoms with Crippen LogP contribution < -0.4 is 4.74 Å². The van der Waals surface area contributed by atoms with Crippen molar-refractivity contribution in [2.75, 3.05) is 6.61 Å². The van der Waals surface area contributed by atoms with Crippen molar-refractivity contribution in [2.24, 2.45) is 0 Å². The van der Waals surface area contributed by atoms with Crippen molar-refractivity contribution in [3.8, 4) is 5.75 Å². The summed E-state index contributed by atoms with van der Waals surface area (Å²) in [6.07, 6.45) is 6.57. The Balaban J connectivity index is 1.83. The van der Waals surface area contributed by atoms with Crippen LogP contribution in [-0.4, -0.2) is 39.3 Å². The fraction of sp³-hybridized carbons (Fsp3) is 0.400. The summed E-state index contributed by atoms with van der Waals surface area (Å²) in [5.41, 5.74) is 2.04. The smallest absolute Gasteiger partial charge is 0.295 e. The number of aryl methyl sites for hydroxylation is 1. The molecule has 1 aliphatic carbocycles. The predicted octanol–water partition coefficient (Wildman–Crippen LogP) is 4.54. The third-order valence-corrected chi connectivity index (χ3v) is 6.16. The van der Waals surface area contributed by atoms with Crippen molar-refractivity contribution < 1.29 is 19.4 Å². The van der Waals surface area contributed by atoms with Crippen LogP contribution in [-0.2, 0) is 9.59 Å². The van der Waals surface area contributed by atoms with Crippen LogP contribution in [0.25, 0.3) is 5.76 Å². The number of ether oxygens (including phenoxy) is 1. The molecule has 0 radical (unpaired) electrons. The van der Waals surface area contributed by atoms with Gasteiger partial charge in [-0.05, 0) is 62.6 Å². The highest BCUT2D eigenvalue weighted by Gasteiger charge is 2.49. The van der Waals surface area contributed by atoms with E-state index in [2.05, 4.69) is 4.98 Å². The standard InChI is InChI=1S/C25H28N2O4/c1-3-31-20-13-12-17(15-16(20)2)23(28)21-22(19-11-7-8-14-26-19)27(25(30)24(21)29)18-9-5-4-6-10-18/h7-8,11-15,18,22,28H,3-6,9-10H2,1-2H3/b23-21-. The second kappa shape index (κ2) is 8.92. The van der Waals surface area contributed by atoms with Gasteiger partial charge in [-0.15, -0.1) is 0 Å². The summed E-state index contributed by atoms with van der Waals surface area (Å²) < 4.78 is 5.58. The lowest BCUT2D eigenvalue weighted by atomic mass is 9.92. The number of likely N-dealkylation sites (tertiary alicyclic amines) is 1. The molecule has 1 aromatic carbocycles. The molecule has 1 atom stereocenters. The molecular formula is C25H28N2O4. The minimum Gasteiger partial charge on any atom is -0.507 e. The van der Waals surface area contributed by atoms with Crippen LogP contribution in [0.4, 0.5) is 0 Å². The zero-order valence-electron chi connectivity index (χ0n) is 18.0. The largest absolute Gasteiger partial charge is 0.507 e. The molecule has 162 valence electrons. The van der Waals surface area contributed by atoms with Crippen LogP contribution in [0, 0.1) is 6.92 Å². The van der Waals surface area contributed by atoms with Crippen LogP contribution in [0.15, 0.2) is 48.2 Å². The summed E-state index contributed by atoms with van der Waals surface area (Å²) in [5, 5.41) is 11.2. The molecule has 2 heterocycles. The van der Waals surface area contributed by atoms with Gasteiger partial charge in [0.25, 0.3) is 11.7 Å². The summed E-state index contributed by atoms with van der Waals surface area (Å²) >= 11 is 0. The summed E-state index contributed by atoms with van der Waals surface area (Å²) in [5.74, 6) is -0.640. The topological polar surface area (TPSA) is 79.7 Å². The second-order valence-corrected chi connectivity index (χ2v) is 8.17. The number of pyridine rings is 1. The molecule has 6 heteroatoms. The zero-order valence-corrected chi connectivity index (χ0v) is 18.0. The summed E-state index contributed by atoms with van der Waals surface area (Å²) in [6.45, 7) is 4.34. The van der Waals surface area contributed by atoms with Gasteiger partial charge in [-0.1, -0.05) is 25.3 Å². The van der Waals surface area contributed by atoms with E-state index in [0.29, 0.717) is 17.9 Å². The average molecular weight is 421 g/mol. The van der Waals surface area contributed by atoms with Crippen molar-refractivity contribution >= 4 is 17.4 Å². The minimum absolute atomic E-state index is 0.0235. The molecule has 1 N–H and O–H groups in total. The van der Waals surface area contributed by atoms with Crippen molar-refractivity contribution in [3.63, 3.8) is 0 Å². The van der Waals surface area contributed by atoms with E-state index in [0.717, 1.165) is 43.4 Å². The van der Waals surface area contributed by atoms with E-state index >= 15 is 0 Å². The Morgan fingerprint density at radius 3 is 2.58 bits per heavy atom. The molecule has 1 aliphatic heterocycles. The highest BCUT2D eigenvalue weighted by atomic mass is 16.5. The molecule has 4 rings (SSSR count). The molecule has 0 bridgehead atoms. The molecule has 6 nitrogen and oxygen atoms in total. The fourth-order valence-electron chi connectivity index (χ4n) is 4.68. The van der Waals surface area contributed by atoms with Crippen molar-refractivity contribution in [1.82, 2.24) is 9.88 Å². The molecule has 2 aliphatic rings. The zero-order chi connectivity index (χ0) is 22.0. The first-order valence-electron chi connectivity index (χ1n) is 11.0. The summed E-state index contributed by atoms with van der Waals surface area (Å²) in [6, 6.07) is 10.0. The van der Waals surface area contributed by atoms with Crippen LogP contribution in [0.5, 0.6) is 5.75 Å². The average Bonchev–Trinajstić information content (AvgIpc) is 3.06. The quantitative estimate of drug-likeness (QED) is 0.436. The fourth-order valence-corrected chi connectivity index (χ4v) is 4.68. The first-order chi connectivity index (χ1) is 15.0. The predicted molar refractivity (Wildman–Crippen MR) is 118 cm³/mol. The molecule has 1 saturated heterocycles. The van der Waals surface area contributed by atoms with E-state index in [1.54, 1.807) is 35.4 Å². The van der Waals surface area contributed by atoms with Crippen molar-refractivity contribution in [3.05, 3.63) is 65.0 Å². The Hall–Kier alpha value is -3.15. The number of amides is 1. The maximum Gasteiger partial charge on any atom is 0.295 e. The maximum absolute atomic E-state index is 13.1. The Kier molecular flexibility index (Phi) is 6.07. The molecule has 2 fully saturated rings. The van der Waals surface area contributed by atoms with Gasteiger partial charge in [-0.25, -0.2) is 0 Å². The highest BCUT2D eigenvalue weighted by Crippen LogP contribution is 2.42. The SMILES string of the molecule is CCOc1ccc(/C(O)=C2/C(=O)C(=O)N(C3CCCCC3)C2c2ccccn2)cc1C. The number of carbonyl (C=O) groups is 2. The molecule has 1 saturated carbocycles. The van der Waals surface area contributed by atoms with Crippen LogP contribution in [0.1, 0.15) is 61.9 Å². The molecule has 1 unspecified atom stereocenters. The number of hydrogen-bond acceptors (Lipinski definition) is 5. The Bertz CT molecular complexity index is 1010. The number of Topliss-reactive ketones (excluding diaryl/α,β-unsaturated/α-hetero) is 1. The number of benzene rings is 1. The van der Waals surface area contributed by atoms with E-state index in [1.807, 2.05) is 26.0 Å². The second-order valence-electron chi connectivity index (χ2n) is 8.17. The van der Waals surface area contributed by atoms with Gasteiger partial charge in [0.1, 0.15) is 17.6 Å². The van der Waals surface area contributed by atoms with Crippen LogP contribution in [0.3, 0.4) is 0 Å². The normalized spacial score (nSPS) is 21.5. The van der Waals surface area contributed by atoms with Gasteiger partial charge >= 0.3 is 0 Å². The molecule has 0 spiro atoms. The van der Waals surface area contributed by atoms with Gasteiger partial charge in [0, 0.05) is 17.8 Å². The lowest BCUT2D eigenvalue weighted by molar-refractivity contribution is -0.141. The van der Waals surface area contributed by atoms with E-state index in [-0.39, 0.29) is 17.4 Å². The highest BCUT2D eigenvalue weighted by molar-refractivity contribution is 6.46. The van der Waals surface area contributed by atoms with E-state index in [1.165, 1.54) is 0 Å². The number of rotatable bonds is 5. The number of aliphatic hydroxyl groups excluding tert-OH is 1.